The van der Waals surface area contributed by atoms with Gasteiger partial charge >= 0.3 is 5.97 Å². The zero-order valence-corrected chi connectivity index (χ0v) is 13.0. The monoisotopic (exact) mass is 305 g/mol. The number of aryl methyl sites for hydroxylation is 1. The van der Waals surface area contributed by atoms with Crippen molar-refractivity contribution in [1.29, 1.82) is 0 Å². The third-order valence-corrected chi connectivity index (χ3v) is 3.20. The Morgan fingerprint density at radius 3 is 2.55 bits per heavy atom. The minimum Gasteiger partial charge on any atom is -0.475 e. The van der Waals surface area contributed by atoms with Crippen LogP contribution in [0.15, 0.2) is 16.5 Å². The van der Waals surface area contributed by atoms with Gasteiger partial charge in [-0.2, -0.15) is 5.10 Å². The molecule has 2 rings (SSSR count). The molecule has 22 heavy (non-hydrogen) atoms. The second-order valence-corrected chi connectivity index (χ2v) is 6.13. The van der Waals surface area contributed by atoms with Crippen LogP contribution in [-0.2, 0) is 12.0 Å². The molecule has 3 N–H and O–H groups in total. The molecule has 7 nitrogen and oxygen atoms in total. The zero-order chi connectivity index (χ0) is 16.5. The van der Waals surface area contributed by atoms with E-state index in [1.165, 1.54) is 0 Å². The number of rotatable bonds is 4. The highest BCUT2D eigenvalue weighted by Gasteiger charge is 2.20. The van der Waals surface area contributed by atoms with Crippen LogP contribution in [0.3, 0.4) is 0 Å². The van der Waals surface area contributed by atoms with Gasteiger partial charge in [-0.15, -0.1) is 0 Å². The SMILES string of the molecule is Cc1cc(CNC(=O)c2cc(C(C)(C)C)[nH]n2)oc1C(=O)O. The Labute approximate surface area is 127 Å². The molecule has 0 saturated carbocycles. The summed E-state index contributed by atoms with van der Waals surface area (Å²) in [5.74, 6) is -1.20. The molecule has 7 heteroatoms. The van der Waals surface area contributed by atoms with E-state index in [-0.39, 0.29) is 29.3 Å². The van der Waals surface area contributed by atoms with Crippen molar-refractivity contribution in [2.24, 2.45) is 0 Å². The summed E-state index contributed by atoms with van der Waals surface area (Å²) >= 11 is 0. The minimum absolute atomic E-state index is 0.102. The summed E-state index contributed by atoms with van der Waals surface area (Å²) in [6, 6.07) is 3.29. The molecule has 2 aromatic heterocycles. The van der Waals surface area contributed by atoms with E-state index in [0.717, 1.165) is 5.69 Å². The molecule has 2 heterocycles. The molecule has 0 unspecified atom stereocenters. The van der Waals surface area contributed by atoms with Gasteiger partial charge < -0.3 is 14.8 Å². The molecule has 1 amide bonds. The Morgan fingerprint density at radius 1 is 1.36 bits per heavy atom. The van der Waals surface area contributed by atoms with Gasteiger partial charge in [0.05, 0.1) is 6.54 Å². The number of nitrogens with one attached hydrogen (secondary N) is 2. The molecular formula is C15H19N3O4. The topological polar surface area (TPSA) is 108 Å². The van der Waals surface area contributed by atoms with Crippen molar-refractivity contribution >= 4 is 11.9 Å². The van der Waals surface area contributed by atoms with Crippen LogP contribution >= 0.6 is 0 Å². The molecule has 0 atom stereocenters. The molecule has 2 aromatic rings. The van der Waals surface area contributed by atoms with Crippen molar-refractivity contribution in [2.75, 3.05) is 0 Å². The fourth-order valence-corrected chi connectivity index (χ4v) is 1.93. The number of carboxylic acid groups (broad SMARTS) is 1. The lowest BCUT2D eigenvalue weighted by atomic mass is 9.92. The molecule has 0 fully saturated rings. The standard InChI is InChI=1S/C15H19N3O4/c1-8-5-9(22-12(8)14(20)21)7-16-13(19)10-6-11(18-17-10)15(2,3)4/h5-6H,7H2,1-4H3,(H,16,19)(H,17,18)(H,20,21). The Morgan fingerprint density at radius 2 is 2.05 bits per heavy atom. The smallest absolute Gasteiger partial charge is 0.372 e. The van der Waals surface area contributed by atoms with E-state index in [9.17, 15) is 9.59 Å². The number of hydrogen-bond donors (Lipinski definition) is 3. The van der Waals surface area contributed by atoms with Crippen molar-refractivity contribution in [3.63, 3.8) is 0 Å². The van der Waals surface area contributed by atoms with E-state index in [2.05, 4.69) is 15.5 Å². The van der Waals surface area contributed by atoms with Gasteiger partial charge in [0.2, 0.25) is 5.76 Å². The summed E-state index contributed by atoms with van der Waals surface area (Å²) in [5, 5.41) is 18.4. The summed E-state index contributed by atoms with van der Waals surface area (Å²) in [5.41, 5.74) is 1.54. The molecule has 0 aliphatic heterocycles. The minimum atomic E-state index is -1.13. The van der Waals surface area contributed by atoms with Crippen molar-refractivity contribution in [3.05, 3.63) is 40.6 Å². The average molecular weight is 305 g/mol. The number of carboxylic acids is 1. The van der Waals surface area contributed by atoms with Gasteiger partial charge in [0.25, 0.3) is 5.91 Å². The Hall–Kier alpha value is -2.57. The van der Waals surface area contributed by atoms with E-state index in [1.807, 2.05) is 20.8 Å². The largest absolute Gasteiger partial charge is 0.475 e. The maximum Gasteiger partial charge on any atom is 0.372 e. The van der Waals surface area contributed by atoms with Gasteiger partial charge in [0.1, 0.15) is 11.5 Å². The molecule has 0 spiro atoms. The fraction of sp³-hybridized carbons (Fsp3) is 0.400. The van der Waals surface area contributed by atoms with Crippen LogP contribution in [0.5, 0.6) is 0 Å². The number of H-pyrrole nitrogens is 1. The van der Waals surface area contributed by atoms with E-state index in [1.54, 1.807) is 19.1 Å². The lowest BCUT2D eigenvalue weighted by Crippen LogP contribution is -2.23. The van der Waals surface area contributed by atoms with E-state index in [0.29, 0.717) is 11.3 Å². The van der Waals surface area contributed by atoms with Crippen molar-refractivity contribution in [1.82, 2.24) is 15.5 Å². The number of aromatic carboxylic acids is 1. The molecule has 0 aliphatic rings. The first-order valence-electron chi connectivity index (χ1n) is 6.85. The average Bonchev–Trinajstić information content (AvgIpc) is 3.01. The summed E-state index contributed by atoms with van der Waals surface area (Å²) < 4.78 is 5.18. The second-order valence-electron chi connectivity index (χ2n) is 6.13. The summed E-state index contributed by atoms with van der Waals surface area (Å²) in [6.45, 7) is 7.79. The summed E-state index contributed by atoms with van der Waals surface area (Å²) in [6.07, 6.45) is 0. The van der Waals surface area contributed by atoms with Crippen LogP contribution < -0.4 is 5.32 Å². The van der Waals surface area contributed by atoms with Gasteiger partial charge in [-0.3, -0.25) is 9.89 Å². The van der Waals surface area contributed by atoms with Gasteiger partial charge in [0, 0.05) is 16.7 Å². The van der Waals surface area contributed by atoms with Crippen LogP contribution in [-0.4, -0.2) is 27.2 Å². The quantitative estimate of drug-likeness (QED) is 0.802. The van der Waals surface area contributed by atoms with Gasteiger partial charge in [-0.05, 0) is 19.1 Å². The lowest BCUT2D eigenvalue weighted by molar-refractivity contribution is 0.0659. The van der Waals surface area contributed by atoms with E-state index < -0.39 is 5.97 Å². The number of aromatic amines is 1. The van der Waals surface area contributed by atoms with E-state index >= 15 is 0 Å². The molecule has 0 radical (unpaired) electrons. The van der Waals surface area contributed by atoms with Gasteiger partial charge in [-0.25, -0.2) is 4.79 Å². The normalized spacial score (nSPS) is 11.5. The highest BCUT2D eigenvalue weighted by atomic mass is 16.4. The van der Waals surface area contributed by atoms with Crippen molar-refractivity contribution in [2.45, 2.75) is 39.7 Å². The zero-order valence-electron chi connectivity index (χ0n) is 13.0. The number of amides is 1. The van der Waals surface area contributed by atoms with Crippen molar-refractivity contribution in [3.8, 4) is 0 Å². The molecule has 0 bridgehead atoms. The predicted molar refractivity (Wildman–Crippen MR) is 78.9 cm³/mol. The van der Waals surface area contributed by atoms with E-state index in [4.69, 9.17) is 9.52 Å². The Bertz CT molecular complexity index is 707. The van der Waals surface area contributed by atoms with Crippen LogP contribution in [0.2, 0.25) is 0 Å². The van der Waals surface area contributed by atoms with Crippen LogP contribution in [0, 0.1) is 6.92 Å². The maximum atomic E-state index is 12.0. The molecule has 0 aromatic carbocycles. The predicted octanol–water partition coefficient (Wildman–Crippen LogP) is 2.24. The number of aromatic nitrogens is 2. The summed E-state index contributed by atoms with van der Waals surface area (Å²) in [4.78, 5) is 22.9. The first-order valence-corrected chi connectivity index (χ1v) is 6.85. The fourth-order valence-electron chi connectivity index (χ4n) is 1.93. The molecule has 0 saturated heterocycles. The van der Waals surface area contributed by atoms with Crippen LogP contribution in [0.1, 0.15) is 58.8 Å². The summed E-state index contributed by atoms with van der Waals surface area (Å²) in [7, 11) is 0. The first kappa shape index (κ1) is 15.8. The first-order chi connectivity index (χ1) is 10.2. The van der Waals surface area contributed by atoms with Gasteiger partial charge in [0.15, 0.2) is 0 Å². The highest BCUT2D eigenvalue weighted by molar-refractivity contribution is 5.92. The van der Waals surface area contributed by atoms with Crippen LogP contribution in [0.25, 0.3) is 0 Å². The molecular weight excluding hydrogens is 286 g/mol. The number of hydrogen-bond acceptors (Lipinski definition) is 4. The number of carbonyl (C=O) groups is 2. The lowest BCUT2D eigenvalue weighted by Gasteiger charge is -2.14. The van der Waals surface area contributed by atoms with Gasteiger partial charge in [-0.1, -0.05) is 20.8 Å². The number of furan rings is 1. The highest BCUT2D eigenvalue weighted by Crippen LogP contribution is 2.20. The molecule has 0 aliphatic carbocycles. The van der Waals surface area contributed by atoms with Crippen molar-refractivity contribution < 1.29 is 19.1 Å². The Balaban J connectivity index is 2.02. The number of carbonyl (C=O) groups excluding carboxylic acids is 1. The Kier molecular flexibility index (Phi) is 4.07. The second kappa shape index (κ2) is 5.67. The van der Waals surface area contributed by atoms with Crippen LogP contribution in [0.4, 0.5) is 0 Å². The molecule has 118 valence electrons. The maximum absolute atomic E-state index is 12.0. The number of nitrogens with zero attached hydrogens (tertiary/aromatic N) is 1. The third-order valence-electron chi connectivity index (χ3n) is 3.20. The third kappa shape index (κ3) is 3.36.